The first kappa shape index (κ1) is 14.2. The van der Waals surface area contributed by atoms with Gasteiger partial charge in [-0.15, -0.1) is 0 Å². The summed E-state index contributed by atoms with van der Waals surface area (Å²) in [6.45, 7) is 4.57. The molecule has 2 rings (SSSR count). The predicted octanol–water partition coefficient (Wildman–Crippen LogP) is 4.25. The molecule has 2 aromatic carbocycles. The Balaban J connectivity index is 2.27. The number of nitrogens with one attached hydrogen (secondary N) is 1. The molecule has 0 heterocycles. The maximum atomic E-state index is 13.3. The molecule has 0 amide bonds. The van der Waals surface area contributed by atoms with Crippen LogP contribution in [0.5, 0.6) is 5.75 Å². The van der Waals surface area contributed by atoms with E-state index in [4.69, 9.17) is 10.5 Å². The van der Waals surface area contributed by atoms with Crippen molar-refractivity contribution in [2.75, 3.05) is 17.7 Å². The molecule has 0 spiro atoms. The fourth-order valence-electron chi connectivity index (χ4n) is 1.86. The minimum absolute atomic E-state index is 0.282. The molecule has 0 aliphatic carbocycles. The molecule has 0 atom stereocenters. The zero-order chi connectivity index (χ0) is 14.5. The number of hydrogen-bond donors (Lipinski definition) is 2. The molecule has 2 aromatic rings. The van der Waals surface area contributed by atoms with Crippen LogP contribution < -0.4 is 15.8 Å². The molecule has 106 valence electrons. The third-order valence-electron chi connectivity index (χ3n) is 3.00. The van der Waals surface area contributed by atoms with Gasteiger partial charge in [0.05, 0.1) is 18.0 Å². The topological polar surface area (TPSA) is 47.3 Å². The van der Waals surface area contributed by atoms with Gasteiger partial charge >= 0.3 is 0 Å². The van der Waals surface area contributed by atoms with E-state index in [1.165, 1.54) is 12.1 Å². The molecule has 0 bridgehead atoms. The summed E-state index contributed by atoms with van der Waals surface area (Å²) in [7, 11) is 0. The Morgan fingerprint density at radius 1 is 1.20 bits per heavy atom. The van der Waals surface area contributed by atoms with Crippen molar-refractivity contribution in [1.82, 2.24) is 0 Å². The molecule has 0 fully saturated rings. The number of rotatable bonds is 5. The molecule has 20 heavy (non-hydrogen) atoms. The summed E-state index contributed by atoms with van der Waals surface area (Å²) >= 11 is 0. The number of aryl methyl sites for hydroxylation is 1. The average molecular weight is 274 g/mol. The minimum Gasteiger partial charge on any atom is -0.491 e. The first-order valence-electron chi connectivity index (χ1n) is 6.66. The second-order valence-corrected chi connectivity index (χ2v) is 4.65. The molecule has 0 aliphatic rings. The highest BCUT2D eigenvalue weighted by molar-refractivity contribution is 5.78. The van der Waals surface area contributed by atoms with Gasteiger partial charge in [0.1, 0.15) is 11.6 Å². The Morgan fingerprint density at radius 2 is 2.00 bits per heavy atom. The van der Waals surface area contributed by atoms with E-state index in [1.54, 1.807) is 6.07 Å². The summed E-state index contributed by atoms with van der Waals surface area (Å²) < 4.78 is 18.9. The van der Waals surface area contributed by atoms with Crippen LogP contribution in [0.15, 0.2) is 36.4 Å². The molecular formula is C16H19FN2O. The summed E-state index contributed by atoms with van der Waals surface area (Å²) in [5.41, 5.74) is 8.97. The van der Waals surface area contributed by atoms with Gasteiger partial charge in [0.25, 0.3) is 0 Å². The van der Waals surface area contributed by atoms with Gasteiger partial charge in [0, 0.05) is 5.69 Å². The summed E-state index contributed by atoms with van der Waals surface area (Å²) in [6, 6.07) is 10.1. The molecule has 0 aliphatic heterocycles. The molecule has 3 N–H and O–H groups in total. The van der Waals surface area contributed by atoms with Crippen molar-refractivity contribution in [3.05, 3.63) is 47.8 Å². The smallest absolute Gasteiger partial charge is 0.144 e. The number of para-hydroxylation sites is 1. The Bertz CT molecular complexity index is 599. The van der Waals surface area contributed by atoms with Gasteiger partial charge in [0.15, 0.2) is 0 Å². The van der Waals surface area contributed by atoms with Gasteiger partial charge in [-0.2, -0.15) is 0 Å². The monoisotopic (exact) mass is 274 g/mol. The fraction of sp³-hybridized carbons (Fsp3) is 0.250. The van der Waals surface area contributed by atoms with Crippen LogP contribution in [0.25, 0.3) is 0 Å². The predicted molar refractivity (Wildman–Crippen MR) is 81.1 cm³/mol. The maximum Gasteiger partial charge on any atom is 0.144 e. The summed E-state index contributed by atoms with van der Waals surface area (Å²) in [4.78, 5) is 0. The van der Waals surface area contributed by atoms with E-state index in [1.807, 2.05) is 32.0 Å². The quantitative estimate of drug-likeness (QED) is 0.801. The lowest BCUT2D eigenvalue weighted by Gasteiger charge is -2.15. The van der Waals surface area contributed by atoms with Crippen molar-refractivity contribution < 1.29 is 9.13 Å². The largest absolute Gasteiger partial charge is 0.491 e. The SMILES string of the molecule is CCCOc1cccc(Nc2cc(F)ccc2C)c1N. The number of nitrogen functional groups attached to an aromatic ring is 1. The van der Waals surface area contributed by atoms with Gasteiger partial charge in [-0.25, -0.2) is 4.39 Å². The van der Waals surface area contributed by atoms with Gasteiger partial charge in [0.2, 0.25) is 0 Å². The van der Waals surface area contributed by atoms with E-state index >= 15 is 0 Å². The lowest BCUT2D eigenvalue weighted by molar-refractivity contribution is 0.319. The maximum absolute atomic E-state index is 13.3. The van der Waals surface area contributed by atoms with E-state index in [0.717, 1.165) is 12.0 Å². The average Bonchev–Trinajstić information content (AvgIpc) is 2.44. The molecule has 0 unspecified atom stereocenters. The zero-order valence-electron chi connectivity index (χ0n) is 11.7. The van der Waals surface area contributed by atoms with Crippen LogP contribution in [0.2, 0.25) is 0 Å². The van der Waals surface area contributed by atoms with E-state index in [-0.39, 0.29) is 5.82 Å². The van der Waals surface area contributed by atoms with Crippen molar-refractivity contribution in [2.45, 2.75) is 20.3 Å². The highest BCUT2D eigenvalue weighted by atomic mass is 19.1. The van der Waals surface area contributed by atoms with Crippen LogP contribution in [0.4, 0.5) is 21.5 Å². The van der Waals surface area contributed by atoms with Crippen molar-refractivity contribution in [3.63, 3.8) is 0 Å². The van der Waals surface area contributed by atoms with Crippen LogP contribution in [0.1, 0.15) is 18.9 Å². The van der Waals surface area contributed by atoms with Crippen molar-refractivity contribution in [1.29, 1.82) is 0 Å². The number of ether oxygens (including phenoxy) is 1. The number of anilines is 3. The number of nitrogens with two attached hydrogens (primary N) is 1. The van der Waals surface area contributed by atoms with Crippen molar-refractivity contribution >= 4 is 17.1 Å². The van der Waals surface area contributed by atoms with Crippen LogP contribution in [0.3, 0.4) is 0 Å². The zero-order valence-corrected chi connectivity index (χ0v) is 11.7. The molecular weight excluding hydrogens is 255 g/mol. The van der Waals surface area contributed by atoms with Crippen LogP contribution in [-0.2, 0) is 0 Å². The Morgan fingerprint density at radius 3 is 2.75 bits per heavy atom. The van der Waals surface area contributed by atoms with Gasteiger partial charge in [-0.3, -0.25) is 0 Å². The van der Waals surface area contributed by atoms with Crippen LogP contribution >= 0.6 is 0 Å². The summed E-state index contributed by atoms with van der Waals surface area (Å²) in [5.74, 6) is 0.362. The van der Waals surface area contributed by atoms with E-state index in [9.17, 15) is 4.39 Å². The second-order valence-electron chi connectivity index (χ2n) is 4.65. The minimum atomic E-state index is -0.282. The van der Waals surface area contributed by atoms with Crippen LogP contribution in [-0.4, -0.2) is 6.61 Å². The standard InChI is InChI=1S/C16H19FN2O/c1-3-9-20-15-6-4-5-13(16(15)18)19-14-10-12(17)8-7-11(14)2/h4-8,10,19H,3,9,18H2,1-2H3. The Labute approximate surface area is 118 Å². The molecule has 3 nitrogen and oxygen atoms in total. The van der Waals surface area contributed by atoms with Gasteiger partial charge in [-0.05, 0) is 43.2 Å². The van der Waals surface area contributed by atoms with E-state index < -0.39 is 0 Å². The Hall–Kier alpha value is -2.23. The molecule has 0 radical (unpaired) electrons. The Kier molecular flexibility index (Phi) is 4.45. The van der Waals surface area contributed by atoms with E-state index in [2.05, 4.69) is 5.32 Å². The number of hydrogen-bond acceptors (Lipinski definition) is 3. The third-order valence-corrected chi connectivity index (χ3v) is 3.00. The van der Waals surface area contributed by atoms with Gasteiger partial charge in [-0.1, -0.05) is 19.1 Å². The first-order chi connectivity index (χ1) is 9.61. The lowest BCUT2D eigenvalue weighted by atomic mass is 10.1. The molecule has 0 saturated heterocycles. The summed E-state index contributed by atoms with van der Waals surface area (Å²) in [6.07, 6.45) is 0.917. The highest BCUT2D eigenvalue weighted by Gasteiger charge is 2.08. The first-order valence-corrected chi connectivity index (χ1v) is 6.66. The molecule has 0 saturated carbocycles. The number of halogens is 1. The normalized spacial score (nSPS) is 10.3. The van der Waals surface area contributed by atoms with Gasteiger partial charge < -0.3 is 15.8 Å². The van der Waals surface area contributed by atoms with Crippen molar-refractivity contribution in [3.8, 4) is 5.75 Å². The van der Waals surface area contributed by atoms with Crippen molar-refractivity contribution in [2.24, 2.45) is 0 Å². The third kappa shape index (κ3) is 3.20. The van der Waals surface area contributed by atoms with E-state index in [0.29, 0.717) is 29.4 Å². The van der Waals surface area contributed by atoms with Crippen LogP contribution in [0, 0.1) is 12.7 Å². The second kappa shape index (κ2) is 6.28. The molecule has 4 heteroatoms. The summed E-state index contributed by atoms with van der Waals surface area (Å²) in [5, 5.41) is 3.15. The number of benzene rings is 2. The fourth-order valence-corrected chi connectivity index (χ4v) is 1.86. The highest BCUT2D eigenvalue weighted by Crippen LogP contribution is 2.32. The lowest BCUT2D eigenvalue weighted by Crippen LogP contribution is -2.03. The molecule has 0 aromatic heterocycles.